The van der Waals surface area contributed by atoms with E-state index < -0.39 is 5.97 Å². The van der Waals surface area contributed by atoms with Gasteiger partial charge >= 0.3 is 5.97 Å². The number of carboxylic acid groups (broad SMARTS) is 1. The maximum Gasteiger partial charge on any atom is 0.317 e. The molecule has 1 aliphatic heterocycles. The maximum absolute atomic E-state index is 12.2. The Hall–Kier alpha value is -1.34. The van der Waals surface area contributed by atoms with Crippen molar-refractivity contribution in [3.8, 4) is 0 Å². The molecule has 0 aromatic carbocycles. The highest BCUT2D eigenvalue weighted by atomic mass is 79.9. The number of rotatable bonds is 5. The average Bonchev–Trinajstić information content (AvgIpc) is 2.84. The van der Waals surface area contributed by atoms with Gasteiger partial charge in [0.15, 0.2) is 10.4 Å². The fourth-order valence-electron chi connectivity index (χ4n) is 2.38. The monoisotopic (exact) mass is 344 g/mol. The van der Waals surface area contributed by atoms with Crippen molar-refractivity contribution in [1.29, 1.82) is 0 Å². The molecule has 2 N–H and O–H groups in total. The van der Waals surface area contributed by atoms with Crippen LogP contribution in [0.5, 0.6) is 0 Å². The van der Waals surface area contributed by atoms with Gasteiger partial charge in [-0.05, 0) is 46.8 Å². The number of amides is 1. The first-order valence-corrected chi connectivity index (χ1v) is 7.32. The molecule has 1 aromatic rings. The first-order chi connectivity index (χ1) is 9.56. The van der Waals surface area contributed by atoms with Crippen LogP contribution in [0.25, 0.3) is 0 Å². The van der Waals surface area contributed by atoms with Crippen molar-refractivity contribution in [2.24, 2.45) is 5.92 Å². The Morgan fingerprint density at radius 3 is 2.95 bits per heavy atom. The maximum atomic E-state index is 12.2. The second-order valence-electron chi connectivity index (χ2n) is 4.89. The standard InChI is InChI=1S/C13H17BrN2O4/c14-11-4-3-10(20-11)13(19)16-5-1-2-9(8-16)6-15-7-12(17)18/h3-4,9,15H,1-2,5-8H2,(H,17,18). The minimum Gasteiger partial charge on any atom is -0.480 e. The Labute approximate surface area is 125 Å². The molecule has 1 aliphatic rings. The van der Waals surface area contributed by atoms with Crippen LogP contribution in [-0.2, 0) is 4.79 Å². The highest BCUT2D eigenvalue weighted by Gasteiger charge is 2.26. The number of furan rings is 1. The van der Waals surface area contributed by atoms with E-state index in [1.54, 1.807) is 17.0 Å². The molecule has 2 heterocycles. The molecule has 1 unspecified atom stereocenters. The summed E-state index contributed by atoms with van der Waals surface area (Å²) in [6, 6.07) is 3.35. The van der Waals surface area contributed by atoms with Crippen molar-refractivity contribution in [1.82, 2.24) is 10.2 Å². The lowest BCUT2D eigenvalue weighted by Gasteiger charge is -2.32. The molecule has 1 fully saturated rings. The van der Waals surface area contributed by atoms with E-state index in [2.05, 4.69) is 21.2 Å². The molecule has 6 nitrogen and oxygen atoms in total. The van der Waals surface area contributed by atoms with Crippen molar-refractivity contribution in [2.75, 3.05) is 26.2 Å². The molecule has 20 heavy (non-hydrogen) atoms. The fraction of sp³-hybridized carbons (Fsp3) is 0.538. The van der Waals surface area contributed by atoms with Crippen molar-refractivity contribution in [3.63, 3.8) is 0 Å². The highest BCUT2D eigenvalue weighted by molar-refractivity contribution is 9.10. The van der Waals surface area contributed by atoms with Crippen molar-refractivity contribution in [2.45, 2.75) is 12.8 Å². The molecule has 2 rings (SSSR count). The molecule has 0 radical (unpaired) electrons. The zero-order valence-corrected chi connectivity index (χ0v) is 12.6. The Bertz CT molecular complexity index is 488. The summed E-state index contributed by atoms with van der Waals surface area (Å²) in [5.41, 5.74) is 0. The highest BCUT2D eigenvalue weighted by Crippen LogP contribution is 2.20. The molecular weight excluding hydrogens is 328 g/mol. The zero-order chi connectivity index (χ0) is 14.5. The third-order valence-electron chi connectivity index (χ3n) is 3.30. The lowest BCUT2D eigenvalue weighted by atomic mass is 9.98. The van der Waals surface area contributed by atoms with Crippen LogP contribution in [0.3, 0.4) is 0 Å². The van der Waals surface area contributed by atoms with Crippen LogP contribution in [0.4, 0.5) is 0 Å². The third-order valence-corrected chi connectivity index (χ3v) is 3.73. The number of carboxylic acids is 1. The summed E-state index contributed by atoms with van der Waals surface area (Å²) in [6.45, 7) is 1.91. The third kappa shape index (κ3) is 4.08. The molecule has 0 aliphatic carbocycles. The number of carbonyl (C=O) groups is 2. The van der Waals surface area contributed by atoms with Gasteiger partial charge in [0.25, 0.3) is 5.91 Å². The van der Waals surface area contributed by atoms with Gasteiger partial charge in [0.2, 0.25) is 0 Å². The number of likely N-dealkylation sites (tertiary alicyclic amines) is 1. The van der Waals surface area contributed by atoms with Gasteiger partial charge in [-0.1, -0.05) is 0 Å². The summed E-state index contributed by atoms with van der Waals surface area (Å²) < 4.78 is 5.82. The summed E-state index contributed by atoms with van der Waals surface area (Å²) in [5.74, 6) is -0.366. The van der Waals surface area contributed by atoms with Crippen LogP contribution in [0, 0.1) is 5.92 Å². The Balaban J connectivity index is 1.86. The molecular formula is C13H17BrN2O4. The summed E-state index contributed by atoms with van der Waals surface area (Å²) in [4.78, 5) is 24.5. The molecule has 1 aromatic heterocycles. The molecule has 0 bridgehead atoms. The van der Waals surface area contributed by atoms with Gasteiger partial charge in [0.1, 0.15) is 0 Å². The summed E-state index contributed by atoms with van der Waals surface area (Å²) in [6.07, 6.45) is 1.92. The van der Waals surface area contributed by atoms with Crippen molar-refractivity contribution >= 4 is 27.8 Å². The van der Waals surface area contributed by atoms with Gasteiger partial charge in [-0.2, -0.15) is 0 Å². The van der Waals surface area contributed by atoms with Crippen LogP contribution in [0.2, 0.25) is 0 Å². The molecule has 1 saturated heterocycles. The first kappa shape index (κ1) is 15.1. The Kier molecular flexibility index (Phi) is 5.19. The zero-order valence-electron chi connectivity index (χ0n) is 11.0. The molecule has 1 atom stereocenters. The molecule has 0 spiro atoms. The number of nitrogens with zero attached hydrogens (tertiary/aromatic N) is 1. The average molecular weight is 345 g/mol. The SMILES string of the molecule is O=C(O)CNCC1CCCN(C(=O)c2ccc(Br)o2)C1. The van der Waals surface area contributed by atoms with E-state index in [1.165, 1.54) is 0 Å². The molecule has 110 valence electrons. The number of hydrogen-bond donors (Lipinski definition) is 2. The van der Waals surface area contributed by atoms with Gasteiger partial charge in [0, 0.05) is 19.6 Å². The first-order valence-electron chi connectivity index (χ1n) is 6.53. The van der Waals surface area contributed by atoms with Gasteiger partial charge in [-0.25, -0.2) is 0 Å². The number of piperidine rings is 1. The van der Waals surface area contributed by atoms with Crippen LogP contribution in [0.15, 0.2) is 21.2 Å². The van der Waals surface area contributed by atoms with E-state index in [-0.39, 0.29) is 18.4 Å². The quantitative estimate of drug-likeness (QED) is 0.847. The Morgan fingerprint density at radius 1 is 1.50 bits per heavy atom. The predicted octanol–water partition coefficient (Wildman–Crippen LogP) is 1.57. The lowest BCUT2D eigenvalue weighted by Crippen LogP contribution is -2.43. The fourth-order valence-corrected chi connectivity index (χ4v) is 2.69. The second-order valence-corrected chi connectivity index (χ2v) is 5.67. The number of aliphatic carboxylic acids is 1. The molecule has 1 amide bonds. The van der Waals surface area contributed by atoms with Crippen LogP contribution in [-0.4, -0.2) is 48.1 Å². The van der Waals surface area contributed by atoms with E-state index in [4.69, 9.17) is 9.52 Å². The minimum atomic E-state index is -0.867. The van der Waals surface area contributed by atoms with Crippen LogP contribution < -0.4 is 5.32 Å². The lowest BCUT2D eigenvalue weighted by molar-refractivity contribution is -0.136. The Morgan fingerprint density at radius 2 is 2.30 bits per heavy atom. The number of nitrogens with one attached hydrogen (secondary N) is 1. The van der Waals surface area contributed by atoms with Gasteiger partial charge in [-0.15, -0.1) is 0 Å². The van der Waals surface area contributed by atoms with Crippen LogP contribution >= 0.6 is 15.9 Å². The van der Waals surface area contributed by atoms with E-state index in [1.807, 2.05) is 0 Å². The van der Waals surface area contributed by atoms with Crippen LogP contribution in [0.1, 0.15) is 23.4 Å². The second kappa shape index (κ2) is 6.90. The van der Waals surface area contributed by atoms with Gasteiger partial charge in [0.05, 0.1) is 6.54 Å². The van der Waals surface area contributed by atoms with E-state index in [0.717, 1.165) is 12.8 Å². The minimum absolute atomic E-state index is 0.0461. The summed E-state index contributed by atoms with van der Waals surface area (Å²) >= 11 is 3.18. The van der Waals surface area contributed by atoms with E-state index in [0.29, 0.717) is 30.1 Å². The predicted molar refractivity (Wildman–Crippen MR) is 75.5 cm³/mol. The number of hydrogen-bond acceptors (Lipinski definition) is 4. The summed E-state index contributed by atoms with van der Waals surface area (Å²) in [7, 11) is 0. The van der Waals surface area contributed by atoms with E-state index >= 15 is 0 Å². The van der Waals surface area contributed by atoms with Crippen molar-refractivity contribution < 1.29 is 19.1 Å². The van der Waals surface area contributed by atoms with E-state index in [9.17, 15) is 9.59 Å². The molecule has 0 saturated carbocycles. The van der Waals surface area contributed by atoms with Crippen molar-refractivity contribution in [3.05, 3.63) is 22.6 Å². The number of carbonyl (C=O) groups excluding carboxylic acids is 1. The number of halogens is 1. The normalized spacial score (nSPS) is 19.1. The summed E-state index contributed by atoms with van der Waals surface area (Å²) in [5, 5.41) is 11.5. The van der Waals surface area contributed by atoms with Gasteiger partial charge < -0.3 is 19.7 Å². The molecule has 7 heteroatoms. The van der Waals surface area contributed by atoms with Gasteiger partial charge in [-0.3, -0.25) is 9.59 Å². The smallest absolute Gasteiger partial charge is 0.317 e. The topological polar surface area (TPSA) is 82.8 Å². The largest absolute Gasteiger partial charge is 0.480 e.